The second-order valence-corrected chi connectivity index (χ2v) is 8.38. The number of benzene rings is 2. The molecule has 0 saturated carbocycles. The molecular weight excluding hydrogens is 455 g/mol. The number of hydrogen-bond acceptors (Lipinski definition) is 8. The van der Waals surface area contributed by atoms with Gasteiger partial charge < -0.3 is 14.2 Å². The molecule has 5 rings (SSSR count). The second-order valence-electron chi connectivity index (χ2n) is 7.00. The van der Waals surface area contributed by atoms with Gasteiger partial charge >= 0.3 is 0 Å². The Bertz CT molecular complexity index is 1210. The van der Waals surface area contributed by atoms with Gasteiger partial charge in [0.2, 0.25) is 17.7 Å². The number of ether oxygens (including phenoxy) is 1. The van der Waals surface area contributed by atoms with Crippen LogP contribution in [0.4, 0.5) is 10.3 Å². The van der Waals surface area contributed by atoms with Crippen molar-refractivity contribution in [2.75, 3.05) is 31.2 Å². The van der Waals surface area contributed by atoms with Crippen molar-refractivity contribution in [1.82, 2.24) is 24.9 Å². The highest BCUT2D eigenvalue weighted by atomic mass is 35.5. The first-order valence-electron chi connectivity index (χ1n) is 9.93. The molecule has 1 saturated heterocycles. The van der Waals surface area contributed by atoms with Crippen molar-refractivity contribution < 1.29 is 13.7 Å². The van der Waals surface area contributed by atoms with Crippen LogP contribution in [0.1, 0.15) is 5.89 Å². The Hall–Kier alpha value is -2.95. The van der Waals surface area contributed by atoms with Crippen LogP contribution in [0.25, 0.3) is 17.1 Å². The zero-order chi connectivity index (χ0) is 21.9. The minimum Gasteiger partial charge on any atom is -0.378 e. The number of nitrogens with zero attached hydrogens (tertiary/aromatic N) is 6. The van der Waals surface area contributed by atoms with Crippen LogP contribution >= 0.6 is 23.4 Å². The normalized spacial score (nSPS) is 14.1. The van der Waals surface area contributed by atoms with E-state index in [1.165, 1.54) is 23.9 Å². The van der Waals surface area contributed by atoms with Crippen LogP contribution in [0.2, 0.25) is 5.02 Å². The van der Waals surface area contributed by atoms with Gasteiger partial charge in [0.15, 0.2) is 5.16 Å². The lowest BCUT2D eigenvalue weighted by Crippen LogP contribution is -2.37. The highest BCUT2D eigenvalue weighted by Crippen LogP contribution is 2.30. The molecule has 0 atom stereocenters. The first-order valence-corrected chi connectivity index (χ1v) is 11.3. The first-order chi connectivity index (χ1) is 15.7. The van der Waals surface area contributed by atoms with Gasteiger partial charge in [-0.25, -0.2) is 4.39 Å². The van der Waals surface area contributed by atoms with E-state index < -0.39 is 0 Å². The first kappa shape index (κ1) is 20.9. The van der Waals surface area contributed by atoms with E-state index in [0.717, 1.165) is 5.56 Å². The molecule has 2 aromatic carbocycles. The van der Waals surface area contributed by atoms with Crippen LogP contribution in [-0.4, -0.2) is 51.2 Å². The molecule has 1 aliphatic rings. The molecule has 1 aliphatic heterocycles. The summed E-state index contributed by atoms with van der Waals surface area (Å²) in [6.07, 6.45) is 0. The Kier molecular flexibility index (Phi) is 6.06. The Morgan fingerprint density at radius 2 is 1.88 bits per heavy atom. The van der Waals surface area contributed by atoms with Gasteiger partial charge in [0.25, 0.3) is 0 Å². The highest BCUT2D eigenvalue weighted by molar-refractivity contribution is 7.98. The van der Waals surface area contributed by atoms with Crippen LogP contribution in [-0.2, 0) is 10.5 Å². The molecule has 164 valence electrons. The van der Waals surface area contributed by atoms with Crippen LogP contribution in [0.3, 0.4) is 0 Å². The van der Waals surface area contributed by atoms with Gasteiger partial charge in [0.1, 0.15) is 5.82 Å². The summed E-state index contributed by atoms with van der Waals surface area (Å²) in [6.45, 7) is 2.58. The van der Waals surface area contributed by atoms with E-state index in [1.807, 2.05) is 22.8 Å². The highest BCUT2D eigenvalue weighted by Gasteiger charge is 2.22. The number of thioether (sulfide) groups is 1. The number of anilines is 1. The fourth-order valence-corrected chi connectivity index (χ4v) is 4.23. The molecule has 0 spiro atoms. The lowest BCUT2D eigenvalue weighted by molar-refractivity contribution is 0.122. The molecule has 11 heteroatoms. The maximum atomic E-state index is 14.0. The van der Waals surface area contributed by atoms with Crippen molar-refractivity contribution in [3.05, 3.63) is 65.3 Å². The number of rotatable bonds is 6. The van der Waals surface area contributed by atoms with E-state index in [9.17, 15) is 4.39 Å². The van der Waals surface area contributed by atoms with Crippen molar-refractivity contribution in [3.63, 3.8) is 0 Å². The van der Waals surface area contributed by atoms with Gasteiger partial charge in [-0.1, -0.05) is 34.6 Å². The number of halogens is 2. The summed E-state index contributed by atoms with van der Waals surface area (Å²) in [5, 5.41) is 14.0. The standard InChI is InChI=1S/C21H18ClFN6O2S/c22-15-6-4-14(5-7-15)19-24-18(31-27-19)13-32-21-26-25-20(28-8-10-30-11-9-28)29(21)17-3-1-2-16(23)12-17/h1-7,12H,8-11,13H2. The van der Waals surface area contributed by atoms with Crippen LogP contribution in [0, 0.1) is 5.82 Å². The summed E-state index contributed by atoms with van der Waals surface area (Å²) in [5.41, 5.74) is 1.46. The van der Waals surface area contributed by atoms with Crippen LogP contribution in [0.5, 0.6) is 0 Å². The average molecular weight is 473 g/mol. The fraction of sp³-hybridized carbons (Fsp3) is 0.238. The smallest absolute Gasteiger partial charge is 0.237 e. The minimum atomic E-state index is -0.329. The molecule has 8 nitrogen and oxygen atoms in total. The van der Waals surface area contributed by atoms with Gasteiger partial charge in [0.05, 0.1) is 24.7 Å². The average Bonchev–Trinajstić information content (AvgIpc) is 3.46. The molecule has 32 heavy (non-hydrogen) atoms. The van der Waals surface area contributed by atoms with Gasteiger partial charge in [-0.15, -0.1) is 10.2 Å². The van der Waals surface area contributed by atoms with Crippen molar-refractivity contribution in [2.45, 2.75) is 10.9 Å². The molecule has 2 aromatic heterocycles. The fourth-order valence-electron chi connectivity index (χ4n) is 3.32. The lowest BCUT2D eigenvalue weighted by Gasteiger charge is -2.27. The molecule has 0 N–H and O–H groups in total. The number of hydrogen-bond donors (Lipinski definition) is 0. The van der Waals surface area contributed by atoms with E-state index in [1.54, 1.807) is 18.2 Å². The zero-order valence-electron chi connectivity index (χ0n) is 16.8. The van der Waals surface area contributed by atoms with Crippen LogP contribution < -0.4 is 4.90 Å². The Morgan fingerprint density at radius 1 is 1.06 bits per heavy atom. The Labute approximate surface area is 192 Å². The summed E-state index contributed by atoms with van der Waals surface area (Å²) in [5.74, 6) is 1.63. The van der Waals surface area contributed by atoms with Crippen molar-refractivity contribution in [3.8, 4) is 17.1 Å². The predicted molar refractivity (Wildman–Crippen MR) is 119 cm³/mol. The van der Waals surface area contributed by atoms with Gasteiger partial charge in [-0.3, -0.25) is 4.57 Å². The minimum absolute atomic E-state index is 0.329. The van der Waals surface area contributed by atoms with Crippen molar-refractivity contribution >= 4 is 29.3 Å². The largest absolute Gasteiger partial charge is 0.378 e. The summed E-state index contributed by atoms with van der Waals surface area (Å²) in [6, 6.07) is 13.6. The van der Waals surface area contributed by atoms with Crippen LogP contribution in [0.15, 0.2) is 58.2 Å². The second kappa shape index (κ2) is 9.27. The quantitative estimate of drug-likeness (QED) is 0.385. The van der Waals surface area contributed by atoms with Gasteiger partial charge in [0, 0.05) is 23.7 Å². The molecule has 0 radical (unpaired) electrons. The molecule has 0 amide bonds. The summed E-state index contributed by atoms with van der Waals surface area (Å²) < 4.78 is 26.7. The van der Waals surface area contributed by atoms with Crippen molar-refractivity contribution in [2.24, 2.45) is 0 Å². The zero-order valence-corrected chi connectivity index (χ0v) is 18.4. The third-order valence-corrected chi connectivity index (χ3v) is 6.04. The van der Waals surface area contributed by atoms with E-state index >= 15 is 0 Å². The topological polar surface area (TPSA) is 82.1 Å². The van der Waals surface area contributed by atoms with Gasteiger partial charge in [-0.2, -0.15) is 4.98 Å². The third-order valence-electron chi connectivity index (χ3n) is 4.87. The summed E-state index contributed by atoms with van der Waals surface area (Å²) >= 11 is 7.33. The van der Waals surface area contributed by atoms with Gasteiger partial charge in [-0.05, 0) is 42.5 Å². The number of aromatic nitrogens is 5. The molecule has 0 aliphatic carbocycles. The predicted octanol–water partition coefficient (Wildman–Crippen LogP) is 4.24. The molecule has 0 bridgehead atoms. The van der Waals surface area contributed by atoms with E-state index in [2.05, 4.69) is 25.2 Å². The monoisotopic (exact) mass is 472 g/mol. The SMILES string of the molecule is Fc1cccc(-n2c(SCc3nc(-c4ccc(Cl)cc4)no3)nnc2N2CCOCC2)c1. The number of morpholine rings is 1. The molecule has 0 unspecified atom stereocenters. The molecular formula is C21H18ClFN6O2S. The maximum absolute atomic E-state index is 14.0. The summed E-state index contributed by atoms with van der Waals surface area (Å²) in [4.78, 5) is 6.53. The third kappa shape index (κ3) is 4.47. The summed E-state index contributed by atoms with van der Waals surface area (Å²) in [7, 11) is 0. The Balaban J connectivity index is 1.40. The van der Waals surface area contributed by atoms with E-state index in [0.29, 0.717) is 65.6 Å². The lowest BCUT2D eigenvalue weighted by atomic mass is 10.2. The molecule has 1 fully saturated rings. The molecule has 4 aromatic rings. The maximum Gasteiger partial charge on any atom is 0.237 e. The van der Waals surface area contributed by atoms with E-state index in [4.69, 9.17) is 20.9 Å². The Morgan fingerprint density at radius 3 is 2.66 bits per heavy atom. The van der Waals surface area contributed by atoms with E-state index in [-0.39, 0.29) is 5.82 Å². The molecule has 3 heterocycles. The van der Waals surface area contributed by atoms with Crippen molar-refractivity contribution in [1.29, 1.82) is 0 Å².